The first-order chi connectivity index (χ1) is 12.6. The number of pyridine rings is 1. The molecule has 0 fully saturated rings. The first-order valence-corrected chi connectivity index (χ1v) is 8.20. The number of carbonyl (C=O) groups excluding carboxylic acids is 1. The molecule has 5 nitrogen and oxygen atoms in total. The number of hydrogen-bond acceptors (Lipinski definition) is 4. The molecule has 0 spiro atoms. The van der Waals surface area contributed by atoms with Crippen molar-refractivity contribution in [1.82, 2.24) is 4.98 Å². The van der Waals surface area contributed by atoms with Gasteiger partial charge in [0.05, 0.1) is 22.9 Å². The summed E-state index contributed by atoms with van der Waals surface area (Å²) in [5.74, 6) is -0.271. The molecular formula is C21H18N4O. The number of rotatable bonds is 5. The highest BCUT2D eigenvalue weighted by Crippen LogP contribution is 2.15. The Bertz CT molecular complexity index is 975. The maximum absolute atomic E-state index is 12.4. The highest BCUT2D eigenvalue weighted by molar-refractivity contribution is 6.04. The molecule has 2 aromatic carbocycles. The number of hydrogen-bond donors (Lipinski definition) is 2. The predicted octanol–water partition coefficient (Wildman–Crippen LogP) is 4.13. The Kier molecular flexibility index (Phi) is 5.25. The molecule has 0 saturated carbocycles. The molecule has 128 valence electrons. The van der Waals surface area contributed by atoms with E-state index in [1.165, 1.54) is 11.8 Å². The highest BCUT2D eigenvalue weighted by atomic mass is 16.1. The molecule has 1 amide bonds. The van der Waals surface area contributed by atoms with Crippen LogP contribution in [0.15, 0.2) is 67.0 Å². The summed E-state index contributed by atoms with van der Waals surface area (Å²) < 4.78 is 0. The summed E-state index contributed by atoms with van der Waals surface area (Å²) in [7, 11) is 0. The van der Waals surface area contributed by atoms with E-state index in [1.54, 1.807) is 36.5 Å². The summed E-state index contributed by atoms with van der Waals surface area (Å²) in [6.07, 6.45) is 3.20. The van der Waals surface area contributed by atoms with E-state index in [9.17, 15) is 4.79 Å². The molecule has 0 radical (unpaired) electrons. The van der Waals surface area contributed by atoms with Gasteiger partial charge in [-0.05, 0) is 36.8 Å². The van der Waals surface area contributed by atoms with Crippen LogP contribution in [0.1, 0.15) is 27.0 Å². The van der Waals surface area contributed by atoms with Crippen LogP contribution >= 0.6 is 0 Å². The molecule has 0 aliphatic rings. The van der Waals surface area contributed by atoms with Crippen LogP contribution in [0.3, 0.4) is 0 Å². The molecular weight excluding hydrogens is 324 g/mol. The number of nitrogens with one attached hydrogen (secondary N) is 2. The fraction of sp³-hybridized carbons (Fsp3) is 0.0952. The molecule has 0 saturated heterocycles. The van der Waals surface area contributed by atoms with Gasteiger partial charge in [-0.3, -0.25) is 9.78 Å². The standard InChI is InChI=1S/C21H18N4O/c1-15-4-2-6-17(8-15)12-24-20-10-18(13-23-14-20)21(26)25-19-7-3-5-16(9-19)11-22/h2-10,13-14,24H,12H2,1H3,(H,25,26). The molecule has 0 unspecified atom stereocenters. The normalized spacial score (nSPS) is 10.0. The summed E-state index contributed by atoms with van der Waals surface area (Å²) in [5.41, 5.74) is 4.65. The van der Waals surface area contributed by atoms with Gasteiger partial charge in [-0.25, -0.2) is 0 Å². The Hall–Kier alpha value is -3.65. The minimum absolute atomic E-state index is 0.271. The Balaban J connectivity index is 1.68. The number of nitriles is 1. The topological polar surface area (TPSA) is 77.8 Å². The monoisotopic (exact) mass is 342 g/mol. The first-order valence-electron chi connectivity index (χ1n) is 8.20. The summed E-state index contributed by atoms with van der Waals surface area (Å²) in [5, 5.41) is 15.0. The molecule has 3 rings (SSSR count). The Morgan fingerprint density at radius 3 is 2.73 bits per heavy atom. The lowest BCUT2D eigenvalue weighted by molar-refractivity contribution is 0.102. The van der Waals surface area contributed by atoms with Crippen molar-refractivity contribution < 1.29 is 4.79 Å². The average Bonchev–Trinajstić information content (AvgIpc) is 2.67. The van der Waals surface area contributed by atoms with Crippen molar-refractivity contribution in [2.24, 2.45) is 0 Å². The van der Waals surface area contributed by atoms with Crippen LogP contribution in [-0.2, 0) is 6.54 Å². The maximum atomic E-state index is 12.4. The van der Waals surface area contributed by atoms with Gasteiger partial charge in [-0.15, -0.1) is 0 Å². The van der Waals surface area contributed by atoms with Gasteiger partial charge in [-0.1, -0.05) is 35.9 Å². The quantitative estimate of drug-likeness (QED) is 0.731. The number of aryl methyl sites for hydroxylation is 1. The van der Waals surface area contributed by atoms with Crippen LogP contribution in [0, 0.1) is 18.3 Å². The predicted molar refractivity (Wildman–Crippen MR) is 102 cm³/mol. The van der Waals surface area contributed by atoms with Crippen LogP contribution in [0.25, 0.3) is 0 Å². The zero-order chi connectivity index (χ0) is 18.4. The van der Waals surface area contributed by atoms with E-state index >= 15 is 0 Å². The molecule has 1 heterocycles. The Morgan fingerprint density at radius 1 is 1.08 bits per heavy atom. The van der Waals surface area contributed by atoms with E-state index in [4.69, 9.17) is 5.26 Å². The van der Waals surface area contributed by atoms with Gasteiger partial charge >= 0.3 is 0 Å². The first kappa shape index (κ1) is 17.2. The SMILES string of the molecule is Cc1cccc(CNc2cncc(C(=O)Nc3cccc(C#N)c3)c2)c1. The summed E-state index contributed by atoms with van der Waals surface area (Å²) in [6, 6.07) is 18.8. The Morgan fingerprint density at radius 2 is 1.92 bits per heavy atom. The third-order valence-corrected chi connectivity index (χ3v) is 3.83. The number of amides is 1. The smallest absolute Gasteiger partial charge is 0.257 e. The van der Waals surface area contributed by atoms with E-state index in [-0.39, 0.29) is 5.91 Å². The van der Waals surface area contributed by atoms with E-state index in [0.29, 0.717) is 23.4 Å². The fourth-order valence-electron chi connectivity index (χ4n) is 2.56. The minimum atomic E-state index is -0.271. The van der Waals surface area contributed by atoms with Gasteiger partial charge in [0, 0.05) is 24.6 Å². The van der Waals surface area contributed by atoms with Gasteiger partial charge in [0.2, 0.25) is 0 Å². The number of carbonyl (C=O) groups is 1. The number of nitrogens with zero attached hydrogens (tertiary/aromatic N) is 2. The molecule has 3 aromatic rings. The lowest BCUT2D eigenvalue weighted by Gasteiger charge is -2.09. The number of aromatic nitrogens is 1. The molecule has 1 aromatic heterocycles. The van der Waals surface area contributed by atoms with Crippen molar-refractivity contribution >= 4 is 17.3 Å². The van der Waals surface area contributed by atoms with Crippen molar-refractivity contribution in [3.05, 3.63) is 89.2 Å². The highest BCUT2D eigenvalue weighted by Gasteiger charge is 2.08. The van der Waals surface area contributed by atoms with Gasteiger partial charge in [0.15, 0.2) is 0 Å². The molecule has 0 atom stereocenters. The molecule has 0 aliphatic heterocycles. The molecule has 0 bridgehead atoms. The lowest BCUT2D eigenvalue weighted by Crippen LogP contribution is -2.13. The van der Waals surface area contributed by atoms with Gasteiger partial charge in [0.1, 0.15) is 0 Å². The molecule has 26 heavy (non-hydrogen) atoms. The second-order valence-corrected chi connectivity index (χ2v) is 5.95. The maximum Gasteiger partial charge on any atom is 0.257 e. The fourth-order valence-corrected chi connectivity index (χ4v) is 2.56. The van der Waals surface area contributed by atoms with Gasteiger partial charge < -0.3 is 10.6 Å². The van der Waals surface area contributed by atoms with Crippen molar-refractivity contribution in [1.29, 1.82) is 5.26 Å². The lowest BCUT2D eigenvalue weighted by atomic mass is 10.1. The second kappa shape index (κ2) is 7.95. The number of anilines is 2. The van der Waals surface area contributed by atoms with Crippen LogP contribution in [0.2, 0.25) is 0 Å². The van der Waals surface area contributed by atoms with Gasteiger partial charge in [-0.2, -0.15) is 5.26 Å². The van der Waals surface area contributed by atoms with E-state index < -0.39 is 0 Å². The van der Waals surface area contributed by atoms with Crippen molar-refractivity contribution in [2.45, 2.75) is 13.5 Å². The van der Waals surface area contributed by atoms with E-state index in [1.807, 2.05) is 12.1 Å². The molecule has 2 N–H and O–H groups in total. The largest absolute Gasteiger partial charge is 0.380 e. The third kappa shape index (κ3) is 4.46. The summed E-state index contributed by atoms with van der Waals surface area (Å²) in [6.45, 7) is 2.70. The van der Waals surface area contributed by atoms with Crippen LogP contribution < -0.4 is 10.6 Å². The summed E-state index contributed by atoms with van der Waals surface area (Å²) in [4.78, 5) is 16.6. The van der Waals surface area contributed by atoms with Crippen molar-refractivity contribution in [2.75, 3.05) is 10.6 Å². The second-order valence-electron chi connectivity index (χ2n) is 5.95. The zero-order valence-corrected chi connectivity index (χ0v) is 14.4. The van der Waals surface area contributed by atoms with E-state index in [2.05, 4.69) is 40.7 Å². The van der Waals surface area contributed by atoms with Crippen molar-refractivity contribution in [3.8, 4) is 6.07 Å². The van der Waals surface area contributed by atoms with Crippen molar-refractivity contribution in [3.63, 3.8) is 0 Å². The Labute approximate surface area is 152 Å². The van der Waals surface area contributed by atoms with Crippen LogP contribution in [-0.4, -0.2) is 10.9 Å². The molecule has 0 aliphatic carbocycles. The summed E-state index contributed by atoms with van der Waals surface area (Å²) >= 11 is 0. The van der Waals surface area contributed by atoms with Crippen LogP contribution in [0.5, 0.6) is 0 Å². The third-order valence-electron chi connectivity index (χ3n) is 3.83. The van der Waals surface area contributed by atoms with E-state index in [0.717, 1.165) is 11.3 Å². The average molecular weight is 342 g/mol. The zero-order valence-electron chi connectivity index (χ0n) is 14.4. The molecule has 5 heteroatoms. The van der Waals surface area contributed by atoms with Crippen LogP contribution in [0.4, 0.5) is 11.4 Å². The van der Waals surface area contributed by atoms with Gasteiger partial charge in [0.25, 0.3) is 5.91 Å². The minimum Gasteiger partial charge on any atom is -0.380 e. The number of benzene rings is 2.